The van der Waals surface area contributed by atoms with Crippen LogP contribution < -0.4 is 0 Å². The van der Waals surface area contributed by atoms with Crippen molar-refractivity contribution < 1.29 is 19.0 Å². The number of ether oxygens (including phenoxy) is 3. The minimum Gasteiger partial charge on any atom is -0.443 e. The average molecular weight is 447 g/mol. The van der Waals surface area contributed by atoms with Gasteiger partial charge in [-0.3, -0.25) is 9.89 Å². The molecule has 0 N–H and O–H groups in total. The third-order valence-electron chi connectivity index (χ3n) is 5.35. The Hall–Kier alpha value is -1.83. The van der Waals surface area contributed by atoms with Crippen molar-refractivity contribution in [2.45, 2.75) is 76.9 Å². The summed E-state index contributed by atoms with van der Waals surface area (Å²) < 4.78 is 18.3. The molecule has 1 fully saturated rings. The second kappa shape index (κ2) is 10.2. The van der Waals surface area contributed by atoms with Crippen LogP contribution in [0.3, 0.4) is 0 Å². The van der Waals surface area contributed by atoms with Gasteiger partial charge in [0.15, 0.2) is 5.17 Å². The second-order valence-corrected chi connectivity index (χ2v) is 10.0. The fourth-order valence-electron chi connectivity index (χ4n) is 3.84. The summed E-state index contributed by atoms with van der Waals surface area (Å²) in [5, 5.41) is 0.599. The van der Waals surface area contributed by atoms with Gasteiger partial charge in [-0.1, -0.05) is 62.0 Å². The maximum absolute atomic E-state index is 12.8. The molecule has 1 aromatic rings. The van der Waals surface area contributed by atoms with Gasteiger partial charge in [0.1, 0.15) is 17.1 Å². The molecular formula is C24H34N2O4S. The summed E-state index contributed by atoms with van der Waals surface area (Å²) in [5.74, 6) is 0.188. The number of rotatable bonds is 6. The smallest absolute Gasteiger partial charge is 0.416 e. The first-order valence-electron chi connectivity index (χ1n) is 10.9. The number of amidine groups is 1. The van der Waals surface area contributed by atoms with Gasteiger partial charge >= 0.3 is 6.09 Å². The molecule has 1 aromatic carbocycles. The summed E-state index contributed by atoms with van der Waals surface area (Å²) in [5.41, 5.74) is 0.349. The Labute approximate surface area is 190 Å². The molecule has 0 bridgehead atoms. The van der Waals surface area contributed by atoms with E-state index in [1.165, 1.54) is 16.7 Å². The molecule has 7 heteroatoms. The molecule has 3 rings (SSSR count). The van der Waals surface area contributed by atoms with Gasteiger partial charge in [-0.2, -0.15) is 0 Å². The van der Waals surface area contributed by atoms with Crippen LogP contribution in [0.5, 0.6) is 0 Å². The predicted octanol–water partition coefficient (Wildman–Crippen LogP) is 5.24. The maximum Gasteiger partial charge on any atom is 0.416 e. The minimum absolute atomic E-state index is 0.0819. The zero-order valence-electron chi connectivity index (χ0n) is 19.1. The Kier molecular flexibility index (Phi) is 7.83. The molecule has 5 atom stereocenters. The van der Waals surface area contributed by atoms with Crippen molar-refractivity contribution in [2.75, 3.05) is 6.54 Å². The third kappa shape index (κ3) is 5.90. The van der Waals surface area contributed by atoms with Crippen LogP contribution in [0, 0.1) is 5.92 Å². The lowest BCUT2D eigenvalue weighted by atomic mass is 9.88. The van der Waals surface area contributed by atoms with E-state index in [1.54, 1.807) is 6.08 Å². The van der Waals surface area contributed by atoms with Crippen molar-refractivity contribution in [1.29, 1.82) is 0 Å². The number of benzene rings is 1. The number of fused-ring (bicyclic) bond motifs is 1. The highest BCUT2D eigenvalue weighted by Gasteiger charge is 2.49. The van der Waals surface area contributed by atoms with Gasteiger partial charge in [0.05, 0.1) is 18.8 Å². The van der Waals surface area contributed by atoms with Crippen LogP contribution in [-0.4, -0.2) is 52.0 Å². The maximum atomic E-state index is 12.8. The van der Waals surface area contributed by atoms with Crippen molar-refractivity contribution in [3.05, 3.63) is 48.6 Å². The number of carbonyl (C=O) groups excluding carboxylic acids is 1. The quantitative estimate of drug-likeness (QED) is 0.560. The minimum atomic E-state index is -0.591. The van der Waals surface area contributed by atoms with Crippen molar-refractivity contribution in [2.24, 2.45) is 10.9 Å². The fraction of sp³-hybridized carbons (Fsp3) is 0.583. The molecule has 0 aliphatic carbocycles. The SMILES string of the molecule is C=CCN(C(=O)OC(C)(C)C)C1=N[C@@H]2[C@@H](OCc3ccccc3)[C@H](C)[C@@H](CC)O[C@@H]2S1. The van der Waals surface area contributed by atoms with E-state index in [-0.39, 0.29) is 29.6 Å². The zero-order valence-corrected chi connectivity index (χ0v) is 19.9. The largest absolute Gasteiger partial charge is 0.443 e. The average Bonchev–Trinajstić information content (AvgIpc) is 3.13. The van der Waals surface area contributed by atoms with Gasteiger partial charge < -0.3 is 14.2 Å². The highest BCUT2D eigenvalue weighted by atomic mass is 32.2. The van der Waals surface area contributed by atoms with Crippen molar-refractivity contribution in [1.82, 2.24) is 4.90 Å². The highest BCUT2D eigenvalue weighted by molar-refractivity contribution is 8.14. The Balaban J connectivity index is 1.81. The van der Waals surface area contributed by atoms with Crippen LogP contribution in [0.4, 0.5) is 4.79 Å². The van der Waals surface area contributed by atoms with Gasteiger partial charge in [-0.05, 0) is 32.8 Å². The lowest BCUT2D eigenvalue weighted by molar-refractivity contribution is -0.137. The summed E-state index contributed by atoms with van der Waals surface area (Å²) in [6, 6.07) is 9.96. The van der Waals surface area contributed by atoms with Crippen LogP contribution >= 0.6 is 11.8 Å². The Morgan fingerprint density at radius 1 is 1.32 bits per heavy atom. The van der Waals surface area contributed by atoms with Crippen LogP contribution in [-0.2, 0) is 20.8 Å². The van der Waals surface area contributed by atoms with Crippen molar-refractivity contribution in [3.63, 3.8) is 0 Å². The van der Waals surface area contributed by atoms with E-state index in [1.807, 2.05) is 39.0 Å². The van der Waals surface area contributed by atoms with Gasteiger partial charge in [-0.15, -0.1) is 6.58 Å². The predicted molar refractivity (Wildman–Crippen MR) is 125 cm³/mol. The number of aliphatic imine (C=N–C) groups is 1. The molecule has 0 spiro atoms. The molecule has 0 radical (unpaired) electrons. The van der Waals surface area contributed by atoms with Crippen LogP contribution in [0.25, 0.3) is 0 Å². The normalized spacial score (nSPS) is 27.9. The molecule has 1 saturated heterocycles. The molecule has 0 aromatic heterocycles. The molecule has 170 valence electrons. The molecule has 0 saturated carbocycles. The topological polar surface area (TPSA) is 60.4 Å². The van der Waals surface area contributed by atoms with E-state index in [0.29, 0.717) is 18.3 Å². The van der Waals surface area contributed by atoms with Crippen LogP contribution in [0.2, 0.25) is 0 Å². The van der Waals surface area contributed by atoms with E-state index in [0.717, 1.165) is 12.0 Å². The number of amides is 1. The van der Waals surface area contributed by atoms with E-state index in [9.17, 15) is 4.79 Å². The highest BCUT2D eigenvalue weighted by Crippen LogP contribution is 2.42. The number of hydrogen-bond donors (Lipinski definition) is 0. The summed E-state index contributed by atoms with van der Waals surface area (Å²) >= 11 is 1.47. The molecule has 2 aliphatic rings. The van der Waals surface area contributed by atoms with Crippen molar-refractivity contribution >= 4 is 23.0 Å². The van der Waals surface area contributed by atoms with E-state index in [4.69, 9.17) is 19.2 Å². The summed E-state index contributed by atoms with van der Waals surface area (Å²) in [6.07, 6.45) is 2.13. The number of hydrogen-bond acceptors (Lipinski definition) is 6. The first kappa shape index (κ1) is 23.8. The lowest BCUT2D eigenvalue weighted by Crippen LogP contribution is -2.51. The Morgan fingerprint density at radius 2 is 2.03 bits per heavy atom. The number of carbonyl (C=O) groups is 1. The van der Waals surface area contributed by atoms with E-state index < -0.39 is 11.7 Å². The van der Waals surface area contributed by atoms with Gasteiger partial charge in [0.2, 0.25) is 0 Å². The molecular weight excluding hydrogens is 412 g/mol. The van der Waals surface area contributed by atoms with Crippen molar-refractivity contribution in [3.8, 4) is 0 Å². The Morgan fingerprint density at radius 3 is 2.65 bits per heavy atom. The molecule has 31 heavy (non-hydrogen) atoms. The summed E-state index contributed by atoms with van der Waals surface area (Å²) in [4.78, 5) is 19.2. The first-order chi connectivity index (χ1) is 14.7. The lowest BCUT2D eigenvalue weighted by Gasteiger charge is -2.41. The first-order valence-corrected chi connectivity index (χ1v) is 11.8. The van der Waals surface area contributed by atoms with Crippen LogP contribution in [0.15, 0.2) is 48.0 Å². The Bertz CT molecular complexity index is 793. The summed E-state index contributed by atoms with van der Waals surface area (Å²) in [7, 11) is 0. The summed E-state index contributed by atoms with van der Waals surface area (Å²) in [6.45, 7) is 14.5. The molecule has 1 amide bonds. The molecule has 6 nitrogen and oxygen atoms in total. The third-order valence-corrected chi connectivity index (χ3v) is 6.51. The monoisotopic (exact) mass is 446 g/mol. The van der Waals surface area contributed by atoms with Gasteiger partial charge in [0.25, 0.3) is 0 Å². The zero-order chi connectivity index (χ0) is 22.6. The molecule has 2 heterocycles. The van der Waals surface area contributed by atoms with Gasteiger partial charge in [0, 0.05) is 12.5 Å². The van der Waals surface area contributed by atoms with E-state index in [2.05, 4.69) is 32.6 Å². The number of thioether (sulfide) groups is 1. The van der Waals surface area contributed by atoms with Gasteiger partial charge in [-0.25, -0.2) is 4.79 Å². The van der Waals surface area contributed by atoms with Crippen LogP contribution in [0.1, 0.15) is 46.6 Å². The standard InChI is InChI=1S/C24H34N2O4S/c1-7-14-26(23(27)30-24(4,5)6)22-25-19-20(28-15-17-12-10-9-11-13-17)16(3)18(8-2)29-21(19)31-22/h7,9-13,16,18-21H,1,8,14-15H2,2-6H3/t16-,18-,19-,20+,21-/m1/s1. The molecule has 2 aliphatic heterocycles. The second-order valence-electron chi connectivity index (χ2n) is 8.97. The number of nitrogens with zero attached hydrogens (tertiary/aromatic N) is 2. The fourth-order valence-corrected chi connectivity index (χ4v) is 5.06. The van der Waals surface area contributed by atoms with E-state index >= 15 is 0 Å². The molecule has 0 unspecified atom stereocenters.